The summed E-state index contributed by atoms with van der Waals surface area (Å²) in [7, 11) is 1.57. The van der Waals surface area contributed by atoms with Crippen LogP contribution in [0.3, 0.4) is 0 Å². The smallest absolute Gasteiger partial charge is 0.329 e. The van der Waals surface area contributed by atoms with Crippen molar-refractivity contribution in [3.05, 3.63) is 60.2 Å². The summed E-state index contributed by atoms with van der Waals surface area (Å²) in [5.74, 6) is -0.0395. The van der Waals surface area contributed by atoms with Crippen molar-refractivity contribution in [1.82, 2.24) is 0 Å². The second-order valence-corrected chi connectivity index (χ2v) is 5.90. The van der Waals surface area contributed by atoms with Gasteiger partial charge in [0, 0.05) is 11.3 Å². The summed E-state index contributed by atoms with van der Waals surface area (Å²) < 4.78 is 10.4. The van der Waals surface area contributed by atoms with Gasteiger partial charge in [0.05, 0.1) is 13.2 Å². The molecule has 0 saturated heterocycles. The Balaban J connectivity index is 2.39. The summed E-state index contributed by atoms with van der Waals surface area (Å²) in [6, 6.07) is 15.1. The number of nitrogens with zero attached hydrogens (tertiary/aromatic N) is 1. The quantitative estimate of drug-likeness (QED) is 0.752. The van der Waals surface area contributed by atoms with E-state index in [0.717, 1.165) is 0 Å². The molecule has 0 bridgehead atoms. The van der Waals surface area contributed by atoms with Gasteiger partial charge in [0.2, 0.25) is 0 Å². The Hall–Kier alpha value is -2.82. The third kappa shape index (κ3) is 4.59. The van der Waals surface area contributed by atoms with Gasteiger partial charge in [0.1, 0.15) is 11.8 Å². The van der Waals surface area contributed by atoms with E-state index in [0.29, 0.717) is 17.0 Å². The Morgan fingerprint density at radius 1 is 0.920 bits per heavy atom. The van der Waals surface area contributed by atoms with Crippen molar-refractivity contribution in [2.45, 2.75) is 32.9 Å². The fourth-order valence-corrected chi connectivity index (χ4v) is 2.42. The number of benzene rings is 2. The molecule has 0 spiro atoms. The molecule has 0 N–H and O–H groups in total. The van der Waals surface area contributed by atoms with Gasteiger partial charge in [-0.15, -0.1) is 0 Å². The molecule has 0 radical (unpaired) electrons. The highest BCUT2D eigenvalue weighted by Crippen LogP contribution is 2.24. The van der Waals surface area contributed by atoms with Crippen molar-refractivity contribution in [1.29, 1.82) is 0 Å². The van der Waals surface area contributed by atoms with Crippen molar-refractivity contribution in [2.75, 3.05) is 12.0 Å². The minimum absolute atomic E-state index is 0.250. The number of ether oxygens (including phenoxy) is 2. The monoisotopic (exact) mass is 341 g/mol. The molecule has 2 rings (SSSR count). The number of carbonyl (C=O) groups is 2. The molecule has 0 saturated carbocycles. The van der Waals surface area contributed by atoms with E-state index in [9.17, 15) is 9.59 Å². The fourth-order valence-electron chi connectivity index (χ4n) is 2.42. The number of esters is 1. The van der Waals surface area contributed by atoms with Crippen LogP contribution in [0.25, 0.3) is 0 Å². The van der Waals surface area contributed by atoms with E-state index in [1.165, 1.54) is 4.90 Å². The Kier molecular flexibility index (Phi) is 6.17. The van der Waals surface area contributed by atoms with Crippen molar-refractivity contribution >= 4 is 17.6 Å². The standard InChI is InChI=1S/C20H23NO4/c1-14(2)25-20(23)15(3)21(17-10-12-18(24-4)13-11-17)19(22)16-8-6-5-7-9-16/h5-15H,1-4H3/t15-/m0/s1. The highest BCUT2D eigenvalue weighted by molar-refractivity contribution is 6.09. The van der Waals surface area contributed by atoms with Gasteiger partial charge in [-0.1, -0.05) is 18.2 Å². The summed E-state index contributed by atoms with van der Waals surface area (Å²) in [6.07, 6.45) is -0.250. The zero-order valence-electron chi connectivity index (χ0n) is 14.9. The summed E-state index contributed by atoms with van der Waals surface area (Å²) >= 11 is 0. The number of hydrogen-bond donors (Lipinski definition) is 0. The lowest BCUT2D eigenvalue weighted by Crippen LogP contribution is -2.45. The Morgan fingerprint density at radius 3 is 2.04 bits per heavy atom. The average Bonchev–Trinajstić information content (AvgIpc) is 2.62. The number of anilines is 1. The first-order valence-corrected chi connectivity index (χ1v) is 8.17. The van der Waals surface area contributed by atoms with E-state index in [-0.39, 0.29) is 12.0 Å². The van der Waals surface area contributed by atoms with Crippen LogP contribution in [0.4, 0.5) is 5.69 Å². The number of amides is 1. The first-order chi connectivity index (χ1) is 11.9. The minimum Gasteiger partial charge on any atom is -0.497 e. The van der Waals surface area contributed by atoms with Crippen molar-refractivity contribution in [2.24, 2.45) is 0 Å². The second-order valence-electron chi connectivity index (χ2n) is 5.90. The van der Waals surface area contributed by atoms with Gasteiger partial charge in [-0.05, 0) is 57.2 Å². The molecule has 0 aliphatic carbocycles. The van der Waals surface area contributed by atoms with Crippen LogP contribution in [0.15, 0.2) is 54.6 Å². The largest absolute Gasteiger partial charge is 0.497 e. The molecular weight excluding hydrogens is 318 g/mol. The molecule has 2 aromatic rings. The van der Waals surface area contributed by atoms with E-state index in [1.54, 1.807) is 76.4 Å². The second kappa shape index (κ2) is 8.33. The zero-order valence-corrected chi connectivity index (χ0v) is 14.9. The summed E-state index contributed by atoms with van der Waals surface area (Å²) in [5, 5.41) is 0. The van der Waals surface area contributed by atoms with Crippen molar-refractivity contribution < 1.29 is 19.1 Å². The number of methoxy groups -OCH3 is 1. The van der Waals surface area contributed by atoms with Crippen LogP contribution in [-0.4, -0.2) is 31.1 Å². The number of rotatable bonds is 6. The molecule has 0 aliphatic rings. The molecule has 0 unspecified atom stereocenters. The van der Waals surface area contributed by atoms with Crippen LogP contribution in [0.1, 0.15) is 31.1 Å². The number of carbonyl (C=O) groups excluding carboxylic acids is 2. The first kappa shape index (κ1) is 18.5. The number of hydrogen-bond acceptors (Lipinski definition) is 4. The topological polar surface area (TPSA) is 55.8 Å². The summed E-state index contributed by atoms with van der Waals surface area (Å²) in [6.45, 7) is 5.22. The first-order valence-electron chi connectivity index (χ1n) is 8.17. The van der Waals surface area contributed by atoms with Gasteiger partial charge in [-0.25, -0.2) is 4.79 Å². The molecule has 1 amide bonds. The summed E-state index contributed by atoms with van der Waals surface area (Å²) in [5.41, 5.74) is 1.10. The van der Waals surface area contributed by atoms with E-state index >= 15 is 0 Å². The third-order valence-corrected chi connectivity index (χ3v) is 3.67. The van der Waals surface area contributed by atoms with Crippen LogP contribution >= 0.6 is 0 Å². The van der Waals surface area contributed by atoms with Gasteiger partial charge in [-0.3, -0.25) is 9.69 Å². The minimum atomic E-state index is -0.761. The van der Waals surface area contributed by atoms with Crippen LogP contribution in [0, 0.1) is 0 Å². The molecule has 0 fully saturated rings. The molecule has 1 atom stereocenters. The molecular formula is C20H23NO4. The molecule has 5 heteroatoms. The molecule has 132 valence electrons. The zero-order chi connectivity index (χ0) is 18.4. The fraction of sp³-hybridized carbons (Fsp3) is 0.300. The van der Waals surface area contributed by atoms with Crippen LogP contribution in [-0.2, 0) is 9.53 Å². The Labute approximate surface area is 148 Å². The highest BCUT2D eigenvalue weighted by Gasteiger charge is 2.29. The maximum Gasteiger partial charge on any atom is 0.329 e. The predicted octanol–water partition coefficient (Wildman–Crippen LogP) is 3.68. The molecule has 5 nitrogen and oxygen atoms in total. The van der Waals surface area contributed by atoms with Gasteiger partial charge < -0.3 is 9.47 Å². The molecule has 0 aromatic heterocycles. The van der Waals surface area contributed by atoms with Crippen LogP contribution < -0.4 is 9.64 Å². The Bertz CT molecular complexity index is 710. The van der Waals surface area contributed by atoms with E-state index in [1.807, 2.05) is 6.07 Å². The Morgan fingerprint density at radius 2 is 1.52 bits per heavy atom. The molecule has 0 heterocycles. The maximum atomic E-state index is 13.0. The van der Waals surface area contributed by atoms with Gasteiger partial charge >= 0.3 is 5.97 Å². The molecule has 2 aromatic carbocycles. The predicted molar refractivity (Wildman–Crippen MR) is 96.9 cm³/mol. The van der Waals surface area contributed by atoms with Crippen molar-refractivity contribution in [3.8, 4) is 5.75 Å². The normalized spacial score (nSPS) is 11.7. The molecule has 0 aliphatic heterocycles. The maximum absolute atomic E-state index is 13.0. The SMILES string of the molecule is COc1ccc(N(C(=O)c2ccccc2)[C@@H](C)C(=O)OC(C)C)cc1. The van der Waals surface area contributed by atoms with E-state index in [4.69, 9.17) is 9.47 Å². The lowest BCUT2D eigenvalue weighted by Gasteiger charge is -2.28. The van der Waals surface area contributed by atoms with E-state index < -0.39 is 12.0 Å². The van der Waals surface area contributed by atoms with E-state index in [2.05, 4.69) is 0 Å². The van der Waals surface area contributed by atoms with Crippen molar-refractivity contribution in [3.63, 3.8) is 0 Å². The van der Waals surface area contributed by atoms with Crippen LogP contribution in [0.2, 0.25) is 0 Å². The third-order valence-electron chi connectivity index (χ3n) is 3.67. The van der Waals surface area contributed by atoms with Gasteiger partial charge in [0.15, 0.2) is 0 Å². The average molecular weight is 341 g/mol. The summed E-state index contributed by atoms with van der Waals surface area (Å²) in [4.78, 5) is 26.8. The lowest BCUT2D eigenvalue weighted by atomic mass is 10.1. The lowest BCUT2D eigenvalue weighted by molar-refractivity contribution is -0.148. The van der Waals surface area contributed by atoms with Crippen LogP contribution in [0.5, 0.6) is 5.75 Å². The van der Waals surface area contributed by atoms with Gasteiger partial charge in [0.25, 0.3) is 5.91 Å². The molecule has 25 heavy (non-hydrogen) atoms. The highest BCUT2D eigenvalue weighted by atomic mass is 16.5. The van der Waals surface area contributed by atoms with Gasteiger partial charge in [-0.2, -0.15) is 0 Å².